The van der Waals surface area contributed by atoms with Crippen LogP contribution in [0.1, 0.15) is 20.8 Å². The van der Waals surface area contributed by atoms with Crippen LogP contribution in [0.5, 0.6) is 0 Å². The molecular formula is C21H16FN5O2S. The fraction of sp³-hybridized carbons (Fsp3) is 0. The Morgan fingerprint density at radius 2 is 1.67 bits per heavy atom. The number of carbonyl (C=O) groups excluding carboxylic acids is 2. The molecule has 0 unspecified atom stereocenters. The summed E-state index contributed by atoms with van der Waals surface area (Å²) < 4.78 is 13.3. The second-order valence-corrected chi connectivity index (χ2v) is 7.47. The average Bonchev–Trinajstić information content (AvgIpc) is 3.11. The van der Waals surface area contributed by atoms with E-state index in [1.54, 1.807) is 42.5 Å². The molecular weight excluding hydrogens is 405 g/mol. The summed E-state index contributed by atoms with van der Waals surface area (Å²) in [5.41, 5.74) is 12.6. The third-order valence-electron chi connectivity index (χ3n) is 4.31. The topological polar surface area (TPSA) is 123 Å². The Hall–Kier alpha value is -3.98. The summed E-state index contributed by atoms with van der Waals surface area (Å²) >= 11 is 1.08. The summed E-state index contributed by atoms with van der Waals surface area (Å²) in [5.74, 6) is -1.49. The standard InChI is InChI=1S/C21H16FN5O2S/c22-14-5-1-13-10-16(8-4-12(13)9-14)25-21-26-17(18(24)28)20(30-21)27-19(29)11-2-6-15(23)7-3-11/h1-10H,23H2,(H2,24,28)(H,25,26)(H,27,29). The first-order valence-corrected chi connectivity index (χ1v) is 9.64. The number of hydrogen-bond donors (Lipinski definition) is 4. The van der Waals surface area contributed by atoms with Gasteiger partial charge in [-0.3, -0.25) is 9.59 Å². The van der Waals surface area contributed by atoms with Gasteiger partial charge in [-0.15, -0.1) is 0 Å². The maximum atomic E-state index is 13.3. The summed E-state index contributed by atoms with van der Waals surface area (Å²) in [6, 6.07) is 16.2. The zero-order valence-electron chi connectivity index (χ0n) is 15.5. The molecule has 0 aliphatic rings. The van der Waals surface area contributed by atoms with Crippen molar-refractivity contribution >= 4 is 55.4 Å². The quantitative estimate of drug-likeness (QED) is 0.361. The molecule has 30 heavy (non-hydrogen) atoms. The zero-order chi connectivity index (χ0) is 21.3. The van der Waals surface area contributed by atoms with Gasteiger partial charge >= 0.3 is 0 Å². The van der Waals surface area contributed by atoms with Crippen LogP contribution in [0.25, 0.3) is 10.8 Å². The van der Waals surface area contributed by atoms with Gasteiger partial charge in [0, 0.05) is 16.9 Å². The molecule has 0 fully saturated rings. The van der Waals surface area contributed by atoms with Crippen molar-refractivity contribution in [1.29, 1.82) is 0 Å². The maximum Gasteiger partial charge on any atom is 0.270 e. The third kappa shape index (κ3) is 4.06. The van der Waals surface area contributed by atoms with Crippen molar-refractivity contribution in [2.45, 2.75) is 0 Å². The number of nitrogen functional groups attached to an aromatic ring is 1. The Kier molecular flexibility index (Phi) is 5.03. The number of rotatable bonds is 5. The van der Waals surface area contributed by atoms with Crippen LogP contribution >= 0.6 is 11.3 Å². The Balaban J connectivity index is 1.59. The molecule has 2 amide bonds. The Labute approximate surface area is 174 Å². The number of anilines is 4. The summed E-state index contributed by atoms with van der Waals surface area (Å²) in [6.07, 6.45) is 0. The maximum absolute atomic E-state index is 13.3. The van der Waals surface area contributed by atoms with Crippen molar-refractivity contribution < 1.29 is 14.0 Å². The van der Waals surface area contributed by atoms with E-state index < -0.39 is 11.8 Å². The number of thiazole rings is 1. The van der Waals surface area contributed by atoms with Gasteiger partial charge in [0.15, 0.2) is 10.8 Å². The highest BCUT2D eigenvalue weighted by atomic mass is 32.1. The largest absolute Gasteiger partial charge is 0.399 e. The average molecular weight is 421 g/mol. The molecule has 0 aliphatic heterocycles. The minimum Gasteiger partial charge on any atom is -0.399 e. The number of hydrogen-bond acceptors (Lipinski definition) is 6. The highest BCUT2D eigenvalue weighted by Crippen LogP contribution is 2.32. The molecule has 0 bridgehead atoms. The van der Waals surface area contributed by atoms with Crippen molar-refractivity contribution in [3.05, 3.63) is 77.7 Å². The first-order valence-electron chi connectivity index (χ1n) is 8.83. The first kappa shape index (κ1) is 19.3. The molecule has 1 aromatic heterocycles. The van der Waals surface area contributed by atoms with Crippen LogP contribution in [0.4, 0.5) is 25.9 Å². The van der Waals surface area contributed by atoms with Gasteiger partial charge in [-0.25, -0.2) is 9.37 Å². The van der Waals surface area contributed by atoms with Crippen LogP contribution in [0.15, 0.2) is 60.7 Å². The number of primary amides is 1. The van der Waals surface area contributed by atoms with Crippen LogP contribution in [0, 0.1) is 5.82 Å². The molecule has 4 aromatic rings. The van der Waals surface area contributed by atoms with E-state index >= 15 is 0 Å². The lowest BCUT2D eigenvalue weighted by Gasteiger charge is -2.05. The monoisotopic (exact) mass is 421 g/mol. The van der Waals surface area contributed by atoms with Crippen molar-refractivity contribution in [3.8, 4) is 0 Å². The number of nitrogens with one attached hydrogen (secondary N) is 2. The van der Waals surface area contributed by atoms with Gasteiger partial charge < -0.3 is 22.1 Å². The molecule has 7 nitrogen and oxygen atoms in total. The summed E-state index contributed by atoms with van der Waals surface area (Å²) in [7, 11) is 0. The fourth-order valence-electron chi connectivity index (χ4n) is 2.85. The van der Waals surface area contributed by atoms with Crippen LogP contribution in [0.3, 0.4) is 0 Å². The van der Waals surface area contributed by atoms with E-state index in [9.17, 15) is 14.0 Å². The third-order valence-corrected chi connectivity index (χ3v) is 5.20. The van der Waals surface area contributed by atoms with E-state index in [0.29, 0.717) is 22.1 Å². The molecule has 150 valence electrons. The summed E-state index contributed by atoms with van der Waals surface area (Å²) in [6.45, 7) is 0. The predicted molar refractivity (Wildman–Crippen MR) is 117 cm³/mol. The molecule has 4 rings (SSSR count). The lowest BCUT2D eigenvalue weighted by Crippen LogP contribution is -2.17. The van der Waals surface area contributed by atoms with E-state index in [1.807, 2.05) is 6.07 Å². The first-order chi connectivity index (χ1) is 14.4. The summed E-state index contributed by atoms with van der Waals surface area (Å²) in [4.78, 5) is 28.5. The van der Waals surface area contributed by atoms with Crippen LogP contribution < -0.4 is 22.1 Å². The van der Waals surface area contributed by atoms with Crippen molar-refractivity contribution in [2.24, 2.45) is 5.73 Å². The van der Waals surface area contributed by atoms with Crippen LogP contribution in [-0.2, 0) is 0 Å². The number of aromatic nitrogens is 1. The van der Waals surface area contributed by atoms with Crippen molar-refractivity contribution in [3.63, 3.8) is 0 Å². The number of amides is 2. The lowest BCUT2D eigenvalue weighted by molar-refractivity contribution is 0.0997. The number of benzene rings is 3. The number of halogens is 1. The Morgan fingerprint density at radius 1 is 0.967 bits per heavy atom. The Bertz CT molecular complexity index is 1270. The summed E-state index contributed by atoms with van der Waals surface area (Å²) in [5, 5.41) is 7.95. The molecule has 1 heterocycles. The van der Waals surface area contributed by atoms with E-state index in [1.165, 1.54) is 12.1 Å². The van der Waals surface area contributed by atoms with E-state index in [2.05, 4.69) is 15.6 Å². The van der Waals surface area contributed by atoms with Crippen molar-refractivity contribution in [1.82, 2.24) is 4.98 Å². The number of fused-ring (bicyclic) bond motifs is 1. The van der Waals surface area contributed by atoms with Crippen LogP contribution in [0.2, 0.25) is 0 Å². The molecule has 0 saturated carbocycles. The Morgan fingerprint density at radius 3 is 2.40 bits per heavy atom. The zero-order valence-corrected chi connectivity index (χ0v) is 16.3. The normalized spacial score (nSPS) is 10.7. The predicted octanol–water partition coefficient (Wildman–Crippen LogP) is 4.11. The molecule has 0 saturated heterocycles. The van der Waals surface area contributed by atoms with Gasteiger partial charge in [-0.05, 0) is 59.3 Å². The number of nitrogens with zero attached hydrogens (tertiary/aromatic N) is 1. The molecule has 0 radical (unpaired) electrons. The van der Waals surface area contributed by atoms with Gasteiger partial charge in [0.1, 0.15) is 10.8 Å². The van der Waals surface area contributed by atoms with E-state index in [0.717, 1.165) is 22.1 Å². The fourth-order valence-corrected chi connectivity index (χ4v) is 3.74. The van der Waals surface area contributed by atoms with Gasteiger partial charge in [0.25, 0.3) is 11.8 Å². The molecule has 0 aliphatic carbocycles. The van der Waals surface area contributed by atoms with E-state index in [-0.39, 0.29) is 16.5 Å². The van der Waals surface area contributed by atoms with Crippen LogP contribution in [-0.4, -0.2) is 16.8 Å². The molecule has 9 heteroatoms. The second-order valence-electron chi connectivity index (χ2n) is 6.47. The van der Waals surface area contributed by atoms with Gasteiger partial charge in [0.05, 0.1) is 0 Å². The minimum absolute atomic E-state index is 0.0471. The van der Waals surface area contributed by atoms with Crippen molar-refractivity contribution in [2.75, 3.05) is 16.4 Å². The lowest BCUT2D eigenvalue weighted by atomic mass is 10.1. The second kappa shape index (κ2) is 7.80. The van der Waals surface area contributed by atoms with Gasteiger partial charge in [-0.2, -0.15) is 0 Å². The number of carbonyl (C=O) groups is 2. The number of nitrogens with two attached hydrogens (primary N) is 2. The molecule has 0 spiro atoms. The highest BCUT2D eigenvalue weighted by Gasteiger charge is 2.19. The minimum atomic E-state index is -0.763. The van der Waals surface area contributed by atoms with E-state index in [4.69, 9.17) is 11.5 Å². The molecule has 6 N–H and O–H groups in total. The molecule has 3 aromatic carbocycles. The smallest absolute Gasteiger partial charge is 0.270 e. The van der Waals surface area contributed by atoms with Gasteiger partial charge in [-0.1, -0.05) is 23.5 Å². The molecule has 0 atom stereocenters. The van der Waals surface area contributed by atoms with Gasteiger partial charge in [0.2, 0.25) is 0 Å². The SMILES string of the molecule is NC(=O)c1nc(Nc2ccc3cc(F)ccc3c2)sc1NC(=O)c1ccc(N)cc1. The highest BCUT2D eigenvalue weighted by molar-refractivity contribution is 7.20.